The molecule has 2 aromatic rings. The van der Waals surface area contributed by atoms with Crippen molar-refractivity contribution in [3.63, 3.8) is 0 Å². The first kappa shape index (κ1) is 20.6. The van der Waals surface area contributed by atoms with E-state index in [1.165, 1.54) is 29.2 Å². The normalized spacial score (nSPS) is 18.2. The van der Waals surface area contributed by atoms with Crippen LogP contribution in [0.5, 0.6) is 5.75 Å². The van der Waals surface area contributed by atoms with Crippen LogP contribution >= 0.6 is 0 Å². The number of nitro groups is 1. The zero-order valence-corrected chi connectivity index (χ0v) is 16.8. The summed E-state index contributed by atoms with van der Waals surface area (Å²) >= 11 is 0. The number of amides is 1. The van der Waals surface area contributed by atoms with E-state index in [0.717, 1.165) is 5.56 Å². The van der Waals surface area contributed by atoms with Gasteiger partial charge in [0.15, 0.2) is 0 Å². The summed E-state index contributed by atoms with van der Waals surface area (Å²) in [6.07, 6.45) is -1.31. The fourth-order valence-electron chi connectivity index (χ4n) is 3.14. The zero-order valence-electron chi connectivity index (χ0n) is 17.8. The van der Waals surface area contributed by atoms with Crippen molar-refractivity contribution in [3.8, 4) is 5.75 Å². The predicted molar refractivity (Wildman–Crippen MR) is 107 cm³/mol. The van der Waals surface area contributed by atoms with Crippen LogP contribution in [0.2, 0.25) is 0 Å². The average molecular weight is 431 g/mol. The highest BCUT2D eigenvalue weighted by molar-refractivity contribution is 5.82. The van der Waals surface area contributed by atoms with Crippen LogP contribution in [0.1, 0.15) is 17.5 Å². The van der Waals surface area contributed by atoms with Crippen LogP contribution in [0.4, 0.5) is 10.5 Å². The Balaban J connectivity index is 1.58. The second-order valence-corrected chi connectivity index (χ2v) is 6.96. The summed E-state index contributed by atoms with van der Waals surface area (Å²) in [5.74, 6) is 0.0425. The Labute approximate surface area is 179 Å². The first-order chi connectivity index (χ1) is 15.4. The van der Waals surface area contributed by atoms with Gasteiger partial charge in [-0.15, -0.1) is 0 Å². The molecular formula is C21H22N2O8. The van der Waals surface area contributed by atoms with Crippen LogP contribution in [-0.2, 0) is 27.5 Å². The molecular weight excluding hydrogens is 408 g/mol. The number of rotatable bonds is 8. The third-order valence-corrected chi connectivity index (χ3v) is 4.82. The van der Waals surface area contributed by atoms with Crippen LogP contribution in [0.3, 0.4) is 0 Å². The number of nitro benzene ring substituents is 1. The molecule has 0 radical (unpaired) electrons. The van der Waals surface area contributed by atoms with Crippen molar-refractivity contribution >= 4 is 17.7 Å². The molecule has 0 saturated carbocycles. The summed E-state index contributed by atoms with van der Waals surface area (Å²) in [5, 5.41) is 15.3. The van der Waals surface area contributed by atoms with Crippen molar-refractivity contribution in [2.24, 2.45) is 0 Å². The first-order valence-corrected chi connectivity index (χ1v) is 9.49. The lowest BCUT2D eigenvalue weighted by atomic mass is 10.2. The summed E-state index contributed by atoms with van der Waals surface area (Å²) in [7, 11) is 1.55. The molecule has 1 amide bonds. The van der Waals surface area contributed by atoms with Gasteiger partial charge in [-0.2, -0.15) is 0 Å². The number of methoxy groups -OCH3 is 1. The maximum Gasteiger partial charge on any atom is 0.410 e. The summed E-state index contributed by atoms with van der Waals surface area (Å²) < 4.78 is 22.8. The van der Waals surface area contributed by atoms with Gasteiger partial charge in [0.1, 0.15) is 25.0 Å². The molecule has 2 atom stereocenters. The molecule has 0 aliphatic carbocycles. The topological polar surface area (TPSA) is 128 Å². The Hall–Kier alpha value is -3.66. The van der Waals surface area contributed by atoms with Gasteiger partial charge in [-0.3, -0.25) is 15.0 Å². The van der Waals surface area contributed by atoms with Gasteiger partial charge >= 0.3 is 12.1 Å². The van der Waals surface area contributed by atoms with E-state index in [2.05, 4.69) is 5.11 Å². The molecule has 1 saturated heterocycles. The van der Waals surface area contributed by atoms with Gasteiger partial charge in [0.2, 0.25) is 1.43 Å². The Morgan fingerprint density at radius 2 is 1.74 bits per heavy atom. The van der Waals surface area contributed by atoms with E-state index in [1.54, 1.807) is 31.4 Å². The van der Waals surface area contributed by atoms with E-state index in [-0.39, 0.29) is 31.9 Å². The first-order valence-electron chi connectivity index (χ1n) is 9.90. The van der Waals surface area contributed by atoms with E-state index in [9.17, 15) is 19.7 Å². The second kappa shape index (κ2) is 9.90. The lowest BCUT2D eigenvalue weighted by molar-refractivity contribution is -0.384. The minimum atomic E-state index is -0.951. The second-order valence-electron chi connectivity index (χ2n) is 6.96. The fraction of sp³-hybridized carbons (Fsp3) is 0.333. The number of β-amino-alcohol motifs (C(OH)–C–C–N with tert-alkyl or cyclic N) is 1. The number of esters is 1. The molecule has 10 heteroatoms. The van der Waals surface area contributed by atoms with Gasteiger partial charge in [-0.1, -0.05) is 12.1 Å². The van der Waals surface area contributed by atoms with E-state index in [1.807, 2.05) is 0 Å². The molecule has 1 aliphatic rings. The molecule has 0 bridgehead atoms. The maximum absolute atomic E-state index is 12.6. The van der Waals surface area contributed by atoms with Crippen LogP contribution in [0, 0.1) is 10.1 Å². The number of hydrogen-bond donors (Lipinski definition) is 1. The summed E-state index contributed by atoms with van der Waals surface area (Å²) in [6, 6.07) is 11.6. The van der Waals surface area contributed by atoms with Crippen molar-refractivity contribution in [2.45, 2.75) is 31.8 Å². The van der Waals surface area contributed by atoms with Crippen molar-refractivity contribution < 1.29 is 33.8 Å². The monoisotopic (exact) mass is 431 g/mol. The van der Waals surface area contributed by atoms with Gasteiger partial charge in [-0.05, 0) is 35.4 Å². The minimum absolute atomic E-state index is 0.00486. The van der Waals surface area contributed by atoms with Crippen molar-refractivity contribution in [1.29, 1.82) is 1.43 Å². The number of hydrogen-bond acceptors (Lipinski definition) is 8. The van der Waals surface area contributed by atoms with E-state index in [4.69, 9.17) is 15.6 Å². The third kappa shape index (κ3) is 5.70. The highest BCUT2D eigenvalue weighted by Gasteiger charge is 2.41. The Bertz CT molecular complexity index is 951. The lowest BCUT2D eigenvalue weighted by Gasteiger charge is -2.22. The van der Waals surface area contributed by atoms with Crippen LogP contribution in [-0.4, -0.2) is 54.2 Å². The van der Waals surface area contributed by atoms with E-state index in [0.29, 0.717) is 11.3 Å². The standard InChI is InChI=1S/C21H22N2O8/c1-29-18-8-4-15(5-9-18)12-30-20(25)19-10-17(24)11-22(19)21(26)31-13-14-2-6-16(7-3-14)23(27)28/h2-9,17,19,24H,10-13H2,1H3/t17-,19+/m1/s1/i24D. The molecule has 1 fully saturated rings. The largest absolute Gasteiger partial charge is 0.497 e. The number of aliphatic hydroxyl groups is 1. The van der Waals surface area contributed by atoms with Crippen molar-refractivity contribution in [2.75, 3.05) is 13.7 Å². The predicted octanol–water partition coefficient (Wildman–Crippen LogP) is 2.42. The molecule has 10 nitrogen and oxygen atoms in total. The molecule has 1 aliphatic heterocycles. The number of ether oxygens (including phenoxy) is 3. The molecule has 1 N–H and O–H groups in total. The summed E-state index contributed by atoms with van der Waals surface area (Å²) in [5.41, 5.74) is 1.22. The van der Waals surface area contributed by atoms with Gasteiger partial charge in [0.25, 0.3) is 5.69 Å². The van der Waals surface area contributed by atoms with Crippen LogP contribution < -0.4 is 4.74 Å². The summed E-state index contributed by atoms with van der Waals surface area (Å²) in [4.78, 5) is 36.6. The summed E-state index contributed by atoms with van der Waals surface area (Å²) in [6.45, 7) is -0.115. The number of carbonyl (C=O) groups excluding carboxylic acids is 2. The van der Waals surface area contributed by atoms with Crippen LogP contribution in [0.25, 0.3) is 0 Å². The fourth-order valence-corrected chi connectivity index (χ4v) is 3.14. The SMILES string of the molecule is [2H]O[C@@H]1C[C@@H](C(=O)OCc2ccc(OC)cc2)N(C(=O)OCc2ccc([N+](=O)[O-])cc2)C1. The van der Waals surface area contributed by atoms with E-state index < -0.39 is 29.1 Å². The smallest absolute Gasteiger partial charge is 0.410 e. The quantitative estimate of drug-likeness (QED) is 0.383. The van der Waals surface area contributed by atoms with Gasteiger partial charge in [0, 0.05) is 18.6 Å². The molecule has 3 rings (SSSR count). The zero-order chi connectivity index (χ0) is 23.1. The number of likely N-dealkylation sites (tertiary alicyclic amines) is 1. The van der Waals surface area contributed by atoms with E-state index >= 15 is 0 Å². The number of aliphatic hydroxyl groups excluding tert-OH is 1. The van der Waals surface area contributed by atoms with Gasteiger partial charge < -0.3 is 19.3 Å². The number of nitrogens with zero attached hydrogens (tertiary/aromatic N) is 2. The Kier molecular flexibility index (Phi) is 6.58. The Morgan fingerprint density at radius 1 is 1.13 bits per heavy atom. The molecule has 0 aromatic heterocycles. The molecule has 2 aromatic carbocycles. The van der Waals surface area contributed by atoms with Crippen molar-refractivity contribution in [1.82, 2.24) is 4.90 Å². The molecule has 1 heterocycles. The maximum atomic E-state index is 12.6. The third-order valence-electron chi connectivity index (χ3n) is 4.82. The van der Waals surface area contributed by atoms with Gasteiger partial charge in [0.05, 0.1) is 24.7 Å². The van der Waals surface area contributed by atoms with Crippen molar-refractivity contribution in [3.05, 3.63) is 69.8 Å². The van der Waals surface area contributed by atoms with Gasteiger partial charge in [-0.25, -0.2) is 9.59 Å². The molecule has 0 spiro atoms. The number of carbonyl (C=O) groups is 2. The highest BCUT2D eigenvalue weighted by Crippen LogP contribution is 2.22. The highest BCUT2D eigenvalue weighted by atomic mass is 16.6. The molecule has 31 heavy (non-hydrogen) atoms. The average Bonchev–Trinajstić information content (AvgIpc) is 3.26. The molecule has 0 unspecified atom stereocenters. The lowest BCUT2D eigenvalue weighted by Crippen LogP contribution is -2.41. The molecule has 164 valence electrons. The minimum Gasteiger partial charge on any atom is -0.497 e. The number of benzene rings is 2. The Morgan fingerprint density at radius 3 is 2.32 bits per heavy atom. The van der Waals surface area contributed by atoms with Crippen LogP contribution in [0.15, 0.2) is 48.5 Å². The number of non-ortho nitro benzene ring substituents is 1.